The number of aliphatic carboxylic acids is 1. The van der Waals surface area contributed by atoms with E-state index >= 15 is 0 Å². The Morgan fingerprint density at radius 2 is 1.40 bits per heavy atom. The number of rotatable bonds is 19. The van der Waals surface area contributed by atoms with Crippen LogP contribution in [0.1, 0.15) is 109 Å². The van der Waals surface area contributed by atoms with E-state index in [0.717, 1.165) is 24.2 Å². The van der Waals surface area contributed by atoms with Gasteiger partial charge in [-0.1, -0.05) is 102 Å². The van der Waals surface area contributed by atoms with Crippen molar-refractivity contribution in [2.24, 2.45) is 0 Å². The van der Waals surface area contributed by atoms with Crippen molar-refractivity contribution in [3.8, 4) is 5.75 Å². The van der Waals surface area contributed by atoms with Crippen molar-refractivity contribution in [1.82, 2.24) is 0 Å². The number of ether oxygens (including phenoxy) is 1. The predicted molar refractivity (Wildman–Crippen MR) is 121 cm³/mol. The zero-order chi connectivity index (χ0) is 21.2. The van der Waals surface area contributed by atoms with Crippen molar-refractivity contribution >= 4 is 12.0 Å². The monoisotopic (exact) mass is 424 g/mol. The fraction of sp³-hybridized carbons (Fsp3) is 0.654. The van der Waals surface area contributed by atoms with Gasteiger partial charge in [-0.2, -0.15) is 0 Å². The summed E-state index contributed by atoms with van der Waals surface area (Å²) in [4.78, 5) is 10.8. The van der Waals surface area contributed by atoms with Gasteiger partial charge in [0, 0.05) is 5.97 Å². The molecular formula is C26H41NaO3. The Hall–Kier alpha value is -0.770. The first kappa shape index (κ1) is 29.2. The van der Waals surface area contributed by atoms with Crippen molar-refractivity contribution in [1.29, 1.82) is 0 Å². The fourth-order valence-corrected chi connectivity index (χ4v) is 3.63. The second-order valence-electron chi connectivity index (χ2n) is 8.10. The Balaban J connectivity index is 0.00000841. The second kappa shape index (κ2) is 20.2. The van der Waals surface area contributed by atoms with E-state index < -0.39 is 5.97 Å². The van der Waals surface area contributed by atoms with Crippen LogP contribution < -0.4 is 39.4 Å². The summed E-state index contributed by atoms with van der Waals surface area (Å²) in [5.74, 6) is -0.215. The van der Waals surface area contributed by atoms with Crippen LogP contribution in [0.25, 0.3) is 6.08 Å². The number of benzene rings is 1. The van der Waals surface area contributed by atoms with Gasteiger partial charge in [-0.25, -0.2) is 0 Å². The quantitative estimate of drug-likeness (QED) is 0.251. The SMILES string of the molecule is C=Cc1ccc(OC(CCCCCCCCCCCCCC)CCC(=O)[O-])cc1.[Na+]. The third-order valence-corrected chi connectivity index (χ3v) is 5.47. The van der Waals surface area contributed by atoms with Gasteiger partial charge in [-0.3, -0.25) is 0 Å². The van der Waals surface area contributed by atoms with Crippen LogP contribution >= 0.6 is 0 Å². The molecule has 0 aliphatic carbocycles. The average molecular weight is 425 g/mol. The number of hydrogen-bond acceptors (Lipinski definition) is 3. The van der Waals surface area contributed by atoms with Crippen molar-refractivity contribution < 1.29 is 44.2 Å². The molecule has 1 unspecified atom stereocenters. The van der Waals surface area contributed by atoms with Crippen molar-refractivity contribution in [3.05, 3.63) is 36.4 Å². The topological polar surface area (TPSA) is 49.4 Å². The van der Waals surface area contributed by atoms with Gasteiger partial charge in [-0.05, 0) is 43.4 Å². The number of carboxylic acid groups (broad SMARTS) is 1. The molecular weight excluding hydrogens is 383 g/mol. The Bertz CT molecular complexity index is 542. The summed E-state index contributed by atoms with van der Waals surface area (Å²) in [7, 11) is 0. The van der Waals surface area contributed by atoms with Gasteiger partial charge in [0.1, 0.15) is 5.75 Å². The Morgan fingerprint density at radius 3 is 1.87 bits per heavy atom. The van der Waals surface area contributed by atoms with Gasteiger partial charge in [0.15, 0.2) is 0 Å². The zero-order valence-electron chi connectivity index (χ0n) is 19.5. The number of hydrogen-bond donors (Lipinski definition) is 0. The number of carboxylic acids is 1. The third-order valence-electron chi connectivity index (χ3n) is 5.47. The minimum absolute atomic E-state index is 0. The molecule has 0 N–H and O–H groups in total. The van der Waals surface area contributed by atoms with Gasteiger partial charge in [0.05, 0.1) is 6.10 Å². The molecule has 0 radical (unpaired) electrons. The van der Waals surface area contributed by atoms with Gasteiger partial charge in [0.2, 0.25) is 0 Å². The largest absolute Gasteiger partial charge is 1.00 e. The molecule has 0 aromatic heterocycles. The number of carbonyl (C=O) groups excluding carboxylic acids is 1. The molecule has 0 aliphatic rings. The fourth-order valence-electron chi connectivity index (χ4n) is 3.63. The zero-order valence-corrected chi connectivity index (χ0v) is 21.5. The Morgan fingerprint density at radius 1 is 0.900 bits per heavy atom. The molecule has 1 aromatic rings. The molecule has 164 valence electrons. The second-order valence-corrected chi connectivity index (χ2v) is 8.10. The van der Waals surface area contributed by atoms with Crippen LogP contribution in [0, 0.1) is 0 Å². The van der Waals surface area contributed by atoms with E-state index in [-0.39, 0.29) is 42.1 Å². The van der Waals surface area contributed by atoms with Crippen molar-refractivity contribution in [3.63, 3.8) is 0 Å². The smallest absolute Gasteiger partial charge is 0.550 e. The molecule has 1 aromatic carbocycles. The molecule has 0 bridgehead atoms. The summed E-state index contributed by atoms with van der Waals surface area (Å²) in [6, 6.07) is 7.76. The summed E-state index contributed by atoms with van der Waals surface area (Å²) in [6.45, 7) is 6.02. The summed E-state index contributed by atoms with van der Waals surface area (Å²) in [5, 5.41) is 10.8. The molecule has 3 nitrogen and oxygen atoms in total. The molecule has 0 saturated heterocycles. The minimum atomic E-state index is -1.00. The van der Waals surface area contributed by atoms with Gasteiger partial charge in [0.25, 0.3) is 0 Å². The predicted octanol–water partition coefficient (Wildman–Crippen LogP) is 3.70. The first-order chi connectivity index (χ1) is 14.2. The third kappa shape index (κ3) is 16.0. The van der Waals surface area contributed by atoms with Crippen LogP contribution in [0.4, 0.5) is 0 Å². The molecule has 4 heteroatoms. The van der Waals surface area contributed by atoms with Gasteiger partial charge < -0.3 is 14.6 Å². The standard InChI is InChI=1S/C26H42O3.Na/c1-3-5-6-7-8-9-10-11-12-13-14-15-16-24(21-22-26(27)28)29-25-19-17-23(4-2)18-20-25;/h4,17-20,24H,2-3,5-16,21-22H2,1H3,(H,27,28);/q;+1/p-1. The molecule has 0 heterocycles. The van der Waals surface area contributed by atoms with Crippen LogP contribution in [0.3, 0.4) is 0 Å². The van der Waals surface area contributed by atoms with E-state index in [1.54, 1.807) is 6.08 Å². The van der Waals surface area contributed by atoms with E-state index in [0.29, 0.717) is 6.42 Å². The van der Waals surface area contributed by atoms with E-state index in [2.05, 4.69) is 13.5 Å². The molecule has 1 atom stereocenters. The number of carbonyl (C=O) groups is 1. The summed E-state index contributed by atoms with van der Waals surface area (Å²) < 4.78 is 6.04. The molecule has 1 rings (SSSR count). The van der Waals surface area contributed by atoms with Gasteiger partial charge >= 0.3 is 29.6 Å². The van der Waals surface area contributed by atoms with Crippen molar-refractivity contribution in [2.45, 2.75) is 109 Å². The van der Waals surface area contributed by atoms with E-state index in [1.165, 1.54) is 70.6 Å². The van der Waals surface area contributed by atoms with Crippen LogP contribution in [0.2, 0.25) is 0 Å². The Labute approximate surface area is 207 Å². The van der Waals surface area contributed by atoms with Gasteiger partial charge in [-0.15, -0.1) is 0 Å². The molecule has 0 fully saturated rings. The number of unbranched alkanes of at least 4 members (excludes halogenated alkanes) is 11. The van der Waals surface area contributed by atoms with E-state index in [4.69, 9.17) is 4.74 Å². The minimum Gasteiger partial charge on any atom is -0.550 e. The van der Waals surface area contributed by atoms with Crippen molar-refractivity contribution in [2.75, 3.05) is 0 Å². The van der Waals surface area contributed by atoms with E-state index in [9.17, 15) is 9.90 Å². The van der Waals surface area contributed by atoms with Crippen LogP contribution in [-0.2, 0) is 4.79 Å². The summed E-state index contributed by atoms with van der Waals surface area (Å²) in [5.41, 5.74) is 1.05. The van der Waals surface area contributed by atoms with Crippen LogP contribution in [0.5, 0.6) is 5.75 Å². The maximum absolute atomic E-state index is 10.8. The average Bonchev–Trinajstić information content (AvgIpc) is 2.73. The Kier molecular flexibility index (Phi) is 19.6. The molecule has 0 spiro atoms. The normalized spacial score (nSPS) is 11.5. The van der Waals surface area contributed by atoms with E-state index in [1.807, 2.05) is 24.3 Å². The first-order valence-electron chi connectivity index (χ1n) is 11.7. The van der Waals surface area contributed by atoms with Crippen LogP contribution in [-0.4, -0.2) is 12.1 Å². The summed E-state index contributed by atoms with van der Waals surface area (Å²) >= 11 is 0. The maximum Gasteiger partial charge on any atom is 1.00 e. The summed E-state index contributed by atoms with van der Waals surface area (Å²) in [6.07, 6.45) is 19.0. The molecule has 30 heavy (non-hydrogen) atoms. The maximum atomic E-state index is 10.8. The first-order valence-corrected chi connectivity index (χ1v) is 11.7. The van der Waals surface area contributed by atoms with Crippen LogP contribution in [0.15, 0.2) is 30.8 Å². The molecule has 0 amide bonds. The molecule has 0 aliphatic heterocycles. The molecule has 0 saturated carbocycles.